The molecule has 0 bridgehead atoms. The van der Waals surface area contributed by atoms with E-state index in [1.165, 1.54) is 7.11 Å². The normalized spacial score (nSPS) is 11.3. The zero-order valence-electron chi connectivity index (χ0n) is 13.8. The molecule has 1 atom stereocenters. The minimum absolute atomic E-state index is 0. The van der Waals surface area contributed by atoms with Gasteiger partial charge in [0.15, 0.2) is 11.5 Å². The number of phenols is 1. The minimum Gasteiger partial charge on any atom is -0.504 e. The van der Waals surface area contributed by atoms with Crippen molar-refractivity contribution in [3.05, 3.63) is 59.7 Å². The lowest BCUT2D eigenvalue weighted by Crippen LogP contribution is -2.29. The predicted octanol–water partition coefficient (Wildman–Crippen LogP) is 2.87. The third-order valence-electron chi connectivity index (χ3n) is 3.71. The van der Waals surface area contributed by atoms with Gasteiger partial charge in [-0.3, -0.25) is 4.79 Å². The molecule has 3 N–H and O–H groups in total. The highest BCUT2D eigenvalue weighted by Crippen LogP contribution is 2.26. The number of phenolic OH excluding ortho intramolecular Hbond substituents is 1. The number of methoxy groups -OCH3 is 1. The number of carbonyl (C=O) groups excluding carboxylic acids is 1. The third kappa shape index (κ3) is 5.15. The van der Waals surface area contributed by atoms with Crippen molar-refractivity contribution in [2.45, 2.75) is 19.0 Å². The van der Waals surface area contributed by atoms with Gasteiger partial charge in [-0.05, 0) is 23.3 Å². The maximum atomic E-state index is 12.3. The summed E-state index contributed by atoms with van der Waals surface area (Å²) in [5, 5.41) is 9.60. The fraction of sp³-hybridized carbons (Fsp3) is 0.278. The number of hydrogen-bond donors (Lipinski definition) is 2. The Morgan fingerprint density at radius 1 is 1.25 bits per heavy atom. The summed E-state index contributed by atoms with van der Waals surface area (Å²) in [5.41, 5.74) is 7.92. The van der Waals surface area contributed by atoms with Gasteiger partial charge in [0.2, 0.25) is 5.91 Å². The Hall–Kier alpha value is -2.24. The molecule has 0 spiro atoms. The molecule has 0 saturated carbocycles. The molecule has 0 saturated heterocycles. The van der Waals surface area contributed by atoms with Crippen molar-refractivity contribution < 1.29 is 14.6 Å². The van der Waals surface area contributed by atoms with Gasteiger partial charge in [-0.2, -0.15) is 0 Å². The molecule has 1 amide bonds. The molecule has 130 valence electrons. The largest absolute Gasteiger partial charge is 0.504 e. The molecule has 5 nitrogen and oxygen atoms in total. The van der Waals surface area contributed by atoms with Crippen LogP contribution in [-0.2, 0) is 11.3 Å². The number of aromatic hydroxyl groups is 1. The van der Waals surface area contributed by atoms with Gasteiger partial charge in [0, 0.05) is 26.1 Å². The molecule has 0 aromatic heterocycles. The van der Waals surface area contributed by atoms with Crippen molar-refractivity contribution in [2.75, 3.05) is 14.2 Å². The van der Waals surface area contributed by atoms with E-state index in [1.54, 1.807) is 30.1 Å². The van der Waals surface area contributed by atoms with Gasteiger partial charge in [0.05, 0.1) is 7.11 Å². The quantitative estimate of drug-likeness (QED) is 0.840. The Kier molecular flexibility index (Phi) is 7.55. The van der Waals surface area contributed by atoms with Crippen LogP contribution in [0.25, 0.3) is 0 Å². The number of amides is 1. The molecule has 1 unspecified atom stereocenters. The number of ether oxygens (including phenoxy) is 1. The van der Waals surface area contributed by atoms with Crippen molar-refractivity contribution in [1.82, 2.24) is 4.90 Å². The summed E-state index contributed by atoms with van der Waals surface area (Å²) < 4.78 is 5.08. The molecule has 2 aromatic carbocycles. The molecule has 6 heteroatoms. The van der Waals surface area contributed by atoms with Crippen LogP contribution in [0.4, 0.5) is 0 Å². The van der Waals surface area contributed by atoms with Gasteiger partial charge in [-0.15, -0.1) is 12.4 Å². The van der Waals surface area contributed by atoms with E-state index in [9.17, 15) is 9.90 Å². The number of halogens is 1. The van der Waals surface area contributed by atoms with E-state index in [4.69, 9.17) is 10.5 Å². The predicted molar refractivity (Wildman–Crippen MR) is 96.4 cm³/mol. The maximum Gasteiger partial charge on any atom is 0.224 e. The van der Waals surface area contributed by atoms with Gasteiger partial charge < -0.3 is 20.5 Å². The fourth-order valence-electron chi connectivity index (χ4n) is 2.34. The molecule has 2 rings (SSSR count). The molecule has 2 aromatic rings. The van der Waals surface area contributed by atoms with Crippen LogP contribution in [0.2, 0.25) is 0 Å². The highest BCUT2D eigenvalue weighted by atomic mass is 35.5. The number of nitrogens with two attached hydrogens (primary N) is 1. The van der Waals surface area contributed by atoms with E-state index >= 15 is 0 Å². The highest BCUT2D eigenvalue weighted by molar-refractivity contribution is 5.85. The number of hydrogen-bond acceptors (Lipinski definition) is 4. The number of nitrogens with zero attached hydrogens (tertiary/aromatic N) is 1. The third-order valence-corrected chi connectivity index (χ3v) is 3.71. The fourth-order valence-corrected chi connectivity index (χ4v) is 2.34. The van der Waals surface area contributed by atoms with E-state index in [0.717, 1.165) is 11.1 Å². The SMILES string of the molecule is COc1cc(CN(C)C(=O)CC(N)c2ccccc2)ccc1O.Cl. The molecule has 0 heterocycles. The Labute approximate surface area is 148 Å². The van der Waals surface area contributed by atoms with Gasteiger partial charge in [0.25, 0.3) is 0 Å². The Morgan fingerprint density at radius 3 is 2.54 bits per heavy atom. The summed E-state index contributed by atoms with van der Waals surface area (Å²) in [6.07, 6.45) is 0.246. The second-order valence-electron chi connectivity index (χ2n) is 5.48. The Balaban J connectivity index is 0.00000288. The summed E-state index contributed by atoms with van der Waals surface area (Å²) in [5.74, 6) is 0.439. The van der Waals surface area contributed by atoms with Crippen molar-refractivity contribution >= 4 is 18.3 Å². The van der Waals surface area contributed by atoms with Gasteiger partial charge >= 0.3 is 0 Å². The lowest BCUT2D eigenvalue weighted by Gasteiger charge is -2.20. The zero-order valence-corrected chi connectivity index (χ0v) is 14.6. The first kappa shape index (κ1) is 19.8. The van der Waals surface area contributed by atoms with Crippen LogP contribution in [0.3, 0.4) is 0 Å². The molecule has 0 fully saturated rings. The van der Waals surface area contributed by atoms with E-state index in [-0.39, 0.29) is 36.5 Å². The van der Waals surface area contributed by atoms with Gasteiger partial charge in [0.1, 0.15) is 0 Å². The maximum absolute atomic E-state index is 12.3. The summed E-state index contributed by atoms with van der Waals surface area (Å²) in [7, 11) is 3.23. The first-order valence-electron chi connectivity index (χ1n) is 7.41. The average Bonchev–Trinajstić information content (AvgIpc) is 2.57. The first-order chi connectivity index (χ1) is 11.0. The van der Waals surface area contributed by atoms with Gasteiger partial charge in [-0.1, -0.05) is 36.4 Å². The standard InChI is InChI=1S/C18H22N2O3.ClH/c1-20(12-13-8-9-16(21)17(10-13)23-2)18(22)11-15(19)14-6-4-3-5-7-14;/h3-10,15,21H,11-12,19H2,1-2H3;1H. The van der Waals surface area contributed by atoms with Crippen LogP contribution >= 0.6 is 12.4 Å². The number of rotatable bonds is 6. The first-order valence-corrected chi connectivity index (χ1v) is 7.41. The summed E-state index contributed by atoms with van der Waals surface area (Å²) >= 11 is 0. The number of benzene rings is 2. The van der Waals surface area contributed by atoms with Crippen LogP contribution in [0.1, 0.15) is 23.6 Å². The van der Waals surface area contributed by atoms with Crippen molar-refractivity contribution in [3.8, 4) is 11.5 Å². The highest BCUT2D eigenvalue weighted by Gasteiger charge is 2.16. The van der Waals surface area contributed by atoms with E-state index in [2.05, 4.69) is 0 Å². The summed E-state index contributed by atoms with van der Waals surface area (Å²) in [6, 6.07) is 14.3. The molecule has 24 heavy (non-hydrogen) atoms. The zero-order chi connectivity index (χ0) is 16.8. The topological polar surface area (TPSA) is 75.8 Å². The van der Waals surface area contributed by atoms with Crippen LogP contribution in [0.5, 0.6) is 11.5 Å². The second-order valence-corrected chi connectivity index (χ2v) is 5.48. The number of carbonyl (C=O) groups is 1. The average molecular weight is 351 g/mol. The lowest BCUT2D eigenvalue weighted by atomic mass is 10.0. The Morgan fingerprint density at radius 2 is 1.92 bits per heavy atom. The smallest absolute Gasteiger partial charge is 0.224 e. The Bertz CT molecular complexity index is 665. The monoisotopic (exact) mass is 350 g/mol. The van der Waals surface area contributed by atoms with Crippen LogP contribution in [0, 0.1) is 0 Å². The van der Waals surface area contributed by atoms with Crippen molar-refractivity contribution in [1.29, 1.82) is 0 Å². The van der Waals surface area contributed by atoms with E-state index in [1.807, 2.05) is 30.3 Å². The van der Waals surface area contributed by atoms with E-state index < -0.39 is 0 Å². The summed E-state index contributed by atoms with van der Waals surface area (Å²) in [4.78, 5) is 13.9. The van der Waals surface area contributed by atoms with Crippen LogP contribution < -0.4 is 10.5 Å². The van der Waals surface area contributed by atoms with Crippen LogP contribution in [0.15, 0.2) is 48.5 Å². The van der Waals surface area contributed by atoms with Crippen molar-refractivity contribution in [3.63, 3.8) is 0 Å². The molecule has 0 aliphatic heterocycles. The van der Waals surface area contributed by atoms with Crippen molar-refractivity contribution in [2.24, 2.45) is 5.73 Å². The molecule has 0 radical (unpaired) electrons. The molecule has 0 aliphatic rings. The lowest BCUT2D eigenvalue weighted by molar-refractivity contribution is -0.130. The summed E-state index contributed by atoms with van der Waals surface area (Å²) in [6.45, 7) is 0.428. The van der Waals surface area contributed by atoms with E-state index in [0.29, 0.717) is 12.3 Å². The van der Waals surface area contributed by atoms with Gasteiger partial charge in [-0.25, -0.2) is 0 Å². The van der Waals surface area contributed by atoms with Crippen LogP contribution in [-0.4, -0.2) is 30.1 Å². The molecular weight excluding hydrogens is 328 g/mol. The molecular formula is C18H23ClN2O3. The second kappa shape index (κ2) is 9.15. The minimum atomic E-state index is -0.319. The molecule has 0 aliphatic carbocycles.